The lowest BCUT2D eigenvalue weighted by Gasteiger charge is -2.35. The summed E-state index contributed by atoms with van der Waals surface area (Å²) in [5, 5.41) is 20.7. The summed E-state index contributed by atoms with van der Waals surface area (Å²) in [6.07, 6.45) is 0. The number of aliphatic hydroxyl groups excluding tert-OH is 2. The number of anilines is 1. The summed E-state index contributed by atoms with van der Waals surface area (Å²) in [4.78, 5) is 9.15. The molecule has 5 heteroatoms. The van der Waals surface area contributed by atoms with E-state index in [1.807, 2.05) is 18.2 Å². The van der Waals surface area contributed by atoms with E-state index in [4.69, 9.17) is 5.11 Å². The highest BCUT2D eigenvalue weighted by Gasteiger charge is 2.19. The van der Waals surface area contributed by atoms with Crippen LogP contribution in [0.4, 0.5) is 5.82 Å². The average Bonchev–Trinajstić information content (AvgIpc) is 2.55. The minimum absolute atomic E-state index is 0.0394. The molecule has 5 nitrogen and oxygen atoms in total. The third kappa shape index (κ3) is 3.00. The smallest absolute Gasteiger partial charge is 0.136 e. The van der Waals surface area contributed by atoms with Crippen molar-refractivity contribution in [2.75, 3.05) is 44.2 Å². The molecule has 0 atom stereocenters. The highest BCUT2D eigenvalue weighted by atomic mass is 16.3. The summed E-state index contributed by atoms with van der Waals surface area (Å²) in [6, 6.07) is 10.1. The van der Waals surface area contributed by atoms with E-state index in [9.17, 15) is 5.11 Å². The topological polar surface area (TPSA) is 59.8 Å². The van der Waals surface area contributed by atoms with Gasteiger partial charge in [-0.15, -0.1) is 0 Å². The second-order valence-corrected chi connectivity index (χ2v) is 5.37. The van der Waals surface area contributed by atoms with Gasteiger partial charge in [-0.25, -0.2) is 4.98 Å². The summed E-state index contributed by atoms with van der Waals surface area (Å²) in [5.41, 5.74) is 0.710. The predicted molar refractivity (Wildman–Crippen MR) is 83.4 cm³/mol. The monoisotopic (exact) mass is 287 g/mol. The zero-order chi connectivity index (χ0) is 14.7. The lowest BCUT2D eigenvalue weighted by molar-refractivity contribution is 0.188. The minimum Gasteiger partial charge on any atom is -0.395 e. The van der Waals surface area contributed by atoms with Crippen molar-refractivity contribution in [1.29, 1.82) is 0 Å². The zero-order valence-electron chi connectivity index (χ0n) is 12.1. The molecular formula is C16H21N3O2. The molecule has 2 N–H and O–H groups in total. The molecule has 2 heterocycles. The number of β-amino-alcohol motifs (C(OH)–C–C–N with tert-alkyl or cyclic N) is 1. The van der Waals surface area contributed by atoms with Crippen molar-refractivity contribution in [3.05, 3.63) is 36.0 Å². The highest BCUT2D eigenvalue weighted by molar-refractivity contribution is 5.92. The molecule has 1 aliphatic rings. The number of aromatic nitrogens is 1. The number of benzene rings is 1. The van der Waals surface area contributed by atoms with Gasteiger partial charge in [0, 0.05) is 38.1 Å². The number of fused-ring (bicyclic) bond motifs is 1. The average molecular weight is 287 g/mol. The molecular weight excluding hydrogens is 266 g/mol. The molecule has 3 rings (SSSR count). The van der Waals surface area contributed by atoms with Gasteiger partial charge in [-0.05, 0) is 11.5 Å². The van der Waals surface area contributed by atoms with Crippen LogP contribution in [-0.4, -0.2) is 59.4 Å². The number of nitrogens with zero attached hydrogens (tertiary/aromatic N) is 3. The molecule has 1 saturated heterocycles. The van der Waals surface area contributed by atoms with Gasteiger partial charge in [-0.3, -0.25) is 4.90 Å². The van der Waals surface area contributed by atoms with E-state index in [1.165, 1.54) is 0 Å². The maximum atomic E-state index is 9.41. The van der Waals surface area contributed by atoms with Crippen molar-refractivity contribution in [2.24, 2.45) is 0 Å². The minimum atomic E-state index is -0.0394. The quantitative estimate of drug-likeness (QED) is 0.873. The Hall–Kier alpha value is -1.69. The number of rotatable bonds is 4. The summed E-state index contributed by atoms with van der Waals surface area (Å²) in [5.74, 6) is 0.959. The summed E-state index contributed by atoms with van der Waals surface area (Å²) in [6.45, 7) is 4.56. The number of piperazine rings is 1. The van der Waals surface area contributed by atoms with Gasteiger partial charge in [0.25, 0.3) is 0 Å². The van der Waals surface area contributed by atoms with Gasteiger partial charge in [0.05, 0.1) is 18.9 Å². The van der Waals surface area contributed by atoms with E-state index in [1.54, 1.807) is 0 Å². The predicted octanol–water partition coefficient (Wildman–Crippen LogP) is 0.841. The van der Waals surface area contributed by atoms with Crippen LogP contribution in [0.1, 0.15) is 5.69 Å². The molecule has 21 heavy (non-hydrogen) atoms. The number of hydrogen-bond donors (Lipinski definition) is 2. The number of aliphatic hydroxyl groups is 2. The molecule has 0 unspecified atom stereocenters. The summed E-state index contributed by atoms with van der Waals surface area (Å²) < 4.78 is 0. The third-order valence-corrected chi connectivity index (χ3v) is 4.02. The SMILES string of the molecule is OCCN1CCN(c2nc(CO)cc3ccccc23)CC1. The standard InChI is InChI=1S/C16H21N3O2/c20-10-9-18-5-7-19(8-6-18)16-15-4-2-1-3-13(15)11-14(12-21)17-16/h1-4,11,20-21H,5-10,12H2. The molecule has 1 aromatic heterocycles. The maximum Gasteiger partial charge on any atom is 0.136 e. The molecule has 0 bridgehead atoms. The van der Waals surface area contributed by atoms with Crippen molar-refractivity contribution in [3.63, 3.8) is 0 Å². The Bertz CT molecular complexity index is 609. The van der Waals surface area contributed by atoms with E-state index in [0.29, 0.717) is 5.69 Å². The Balaban J connectivity index is 1.89. The van der Waals surface area contributed by atoms with Crippen LogP contribution in [0.15, 0.2) is 30.3 Å². The van der Waals surface area contributed by atoms with Crippen LogP contribution in [0.5, 0.6) is 0 Å². The molecule has 1 aliphatic heterocycles. The van der Waals surface area contributed by atoms with Crippen molar-refractivity contribution in [3.8, 4) is 0 Å². The van der Waals surface area contributed by atoms with Gasteiger partial charge >= 0.3 is 0 Å². The second-order valence-electron chi connectivity index (χ2n) is 5.37. The summed E-state index contributed by atoms with van der Waals surface area (Å²) >= 11 is 0. The Labute approximate surface area is 124 Å². The first-order valence-electron chi connectivity index (χ1n) is 7.39. The Kier molecular flexibility index (Phi) is 4.34. The Morgan fingerprint density at radius 1 is 1.05 bits per heavy atom. The van der Waals surface area contributed by atoms with E-state index in [-0.39, 0.29) is 13.2 Å². The van der Waals surface area contributed by atoms with Crippen LogP contribution in [0, 0.1) is 0 Å². The molecule has 0 saturated carbocycles. The van der Waals surface area contributed by atoms with E-state index in [0.717, 1.165) is 49.3 Å². The van der Waals surface area contributed by atoms with Crippen LogP contribution < -0.4 is 4.90 Å². The first-order chi connectivity index (χ1) is 10.3. The normalized spacial score (nSPS) is 16.6. The van der Waals surface area contributed by atoms with Gasteiger partial charge in [0.1, 0.15) is 5.82 Å². The van der Waals surface area contributed by atoms with Gasteiger partial charge < -0.3 is 15.1 Å². The molecule has 0 amide bonds. The molecule has 1 aromatic carbocycles. The second kappa shape index (κ2) is 6.39. The van der Waals surface area contributed by atoms with Crippen molar-refractivity contribution < 1.29 is 10.2 Å². The maximum absolute atomic E-state index is 9.41. The lowest BCUT2D eigenvalue weighted by atomic mass is 10.1. The van der Waals surface area contributed by atoms with Crippen LogP contribution in [0.3, 0.4) is 0 Å². The van der Waals surface area contributed by atoms with Crippen molar-refractivity contribution in [2.45, 2.75) is 6.61 Å². The number of pyridine rings is 1. The number of hydrogen-bond acceptors (Lipinski definition) is 5. The molecule has 0 radical (unpaired) electrons. The van der Waals surface area contributed by atoms with Crippen molar-refractivity contribution in [1.82, 2.24) is 9.88 Å². The summed E-state index contributed by atoms with van der Waals surface area (Å²) in [7, 11) is 0. The largest absolute Gasteiger partial charge is 0.395 e. The van der Waals surface area contributed by atoms with Crippen LogP contribution in [-0.2, 0) is 6.61 Å². The van der Waals surface area contributed by atoms with E-state index >= 15 is 0 Å². The zero-order valence-corrected chi connectivity index (χ0v) is 12.1. The first kappa shape index (κ1) is 14.3. The van der Waals surface area contributed by atoms with Gasteiger partial charge in [-0.1, -0.05) is 24.3 Å². The highest BCUT2D eigenvalue weighted by Crippen LogP contribution is 2.26. The van der Waals surface area contributed by atoms with E-state index in [2.05, 4.69) is 26.9 Å². The molecule has 2 aromatic rings. The van der Waals surface area contributed by atoms with Crippen LogP contribution in [0.25, 0.3) is 10.8 Å². The van der Waals surface area contributed by atoms with Crippen LogP contribution >= 0.6 is 0 Å². The Morgan fingerprint density at radius 3 is 2.52 bits per heavy atom. The molecule has 0 aliphatic carbocycles. The van der Waals surface area contributed by atoms with Crippen LogP contribution in [0.2, 0.25) is 0 Å². The van der Waals surface area contributed by atoms with Gasteiger partial charge in [0.2, 0.25) is 0 Å². The lowest BCUT2D eigenvalue weighted by Crippen LogP contribution is -2.47. The fraction of sp³-hybridized carbons (Fsp3) is 0.438. The molecule has 0 spiro atoms. The first-order valence-corrected chi connectivity index (χ1v) is 7.39. The Morgan fingerprint density at radius 2 is 1.81 bits per heavy atom. The molecule has 1 fully saturated rings. The van der Waals surface area contributed by atoms with Crippen molar-refractivity contribution >= 4 is 16.6 Å². The fourth-order valence-corrected chi connectivity index (χ4v) is 2.88. The van der Waals surface area contributed by atoms with Gasteiger partial charge in [0.15, 0.2) is 0 Å². The van der Waals surface area contributed by atoms with Gasteiger partial charge in [-0.2, -0.15) is 0 Å². The third-order valence-electron chi connectivity index (χ3n) is 4.02. The van der Waals surface area contributed by atoms with E-state index < -0.39 is 0 Å². The fourth-order valence-electron chi connectivity index (χ4n) is 2.88. The molecule has 112 valence electrons.